The predicted octanol–water partition coefficient (Wildman–Crippen LogP) is 3.17. The van der Waals surface area contributed by atoms with E-state index in [4.69, 9.17) is 5.73 Å². The first kappa shape index (κ1) is 23.2. The van der Waals surface area contributed by atoms with Crippen LogP contribution in [0.1, 0.15) is 27.9 Å². The molecule has 32 heavy (non-hydrogen) atoms. The molecule has 8 heteroatoms. The monoisotopic (exact) mass is 451 g/mol. The van der Waals surface area contributed by atoms with Gasteiger partial charge in [-0.25, -0.2) is 9.78 Å². The van der Waals surface area contributed by atoms with Crippen molar-refractivity contribution >= 4 is 29.5 Å². The number of H-pyrrole nitrogens is 1. The summed E-state index contributed by atoms with van der Waals surface area (Å²) in [5.41, 5.74) is 11.4. The Morgan fingerprint density at radius 2 is 1.88 bits per heavy atom. The predicted molar refractivity (Wildman–Crippen MR) is 129 cm³/mol. The smallest absolute Gasteiger partial charge is 0.327 e. The molecule has 166 valence electrons. The standard InChI is InChI=1S/C24H25N5O2.ClH/c1-29-21-13-20(15-27-22(21)28-24(29)31)18-8-3-9-19(12-18)23(30)26-10-4-7-16-5-2-6-17(11-16)14-25;/h2-3,5-6,8-9,11-13,15H,4,7,10,14,25H2,1H3,(H,26,30)(H,27,28,31);1H. The van der Waals surface area contributed by atoms with E-state index < -0.39 is 0 Å². The minimum Gasteiger partial charge on any atom is -0.352 e. The molecule has 2 heterocycles. The Morgan fingerprint density at radius 3 is 2.69 bits per heavy atom. The number of aryl methyl sites for hydroxylation is 2. The van der Waals surface area contributed by atoms with Crippen molar-refractivity contribution < 1.29 is 4.79 Å². The van der Waals surface area contributed by atoms with E-state index >= 15 is 0 Å². The van der Waals surface area contributed by atoms with Gasteiger partial charge in [-0.3, -0.25) is 14.3 Å². The number of halogens is 1. The highest BCUT2D eigenvalue weighted by atomic mass is 35.5. The number of amides is 1. The summed E-state index contributed by atoms with van der Waals surface area (Å²) < 4.78 is 1.52. The van der Waals surface area contributed by atoms with Crippen molar-refractivity contribution in [1.82, 2.24) is 19.9 Å². The average Bonchev–Trinajstić information content (AvgIpc) is 3.09. The Labute approximate surface area is 192 Å². The van der Waals surface area contributed by atoms with Crippen LogP contribution < -0.4 is 16.7 Å². The van der Waals surface area contributed by atoms with Gasteiger partial charge in [0.1, 0.15) is 0 Å². The lowest BCUT2D eigenvalue weighted by Crippen LogP contribution is -2.24. The largest absolute Gasteiger partial charge is 0.352 e. The Bertz CT molecular complexity index is 1300. The first-order chi connectivity index (χ1) is 15.0. The van der Waals surface area contributed by atoms with Crippen LogP contribution in [0.2, 0.25) is 0 Å². The second-order valence-corrected chi connectivity index (χ2v) is 7.55. The van der Waals surface area contributed by atoms with Crippen molar-refractivity contribution in [3.63, 3.8) is 0 Å². The molecular formula is C24H26ClN5O2. The zero-order valence-electron chi connectivity index (χ0n) is 17.8. The van der Waals surface area contributed by atoms with E-state index in [2.05, 4.69) is 27.4 Å². The van der Waals surface area contributed by atoms with Gasteiger partial charge in [0, 0.05) is 37.5 Å². The van der Waals surface area contributed by atoms with Crippen LogP contribution in [0.3, 0.4) is 0 Å². The number of nitrogens with zero attached hydrogens (tertiary/aromatic N) is 2. The first-order valence-corrected chi connectivity index (χ1v) is 10.3. The molecule has 0 radical (unpaired) electrons. The zero-order chi connectivity index (χ0) is 21.8. The summed E-state index contributed by atoms with van der Waals surface area (Å²) in [4.78, 5) is 31.4. The van der Waals surface area contributed by atoms with Crippen molar-refractivity contribution in [3.8, 4) is 11.1 Å². The fourth-order valence-corrected chi connectivity index (χ4v) is 3.61. The normalized spacial score (nSPS) is 10.7. The minimum atomic E-state index is -0.206. The fraction of sp³-hybridized carbons (Fsp3) is 0.208. The van der Waals surface area contributed by atoms with Crippen LogP contribution in [0, 0.1) is 0 Å². The summed E-state index contributed by atoms with van der Waals surface area (Å²) >= 11 is 0. The molecule has 4 aromatic rings. The van der Waals surface area contributed by atoms with Crippen molar-refractivity contribution in [3.05, 3.63) is 88.0 Å². The van der Waals surface area contributed by atoms with Gasteiger partial charge in [0.15, 0.2) is 5.65 Å². The number of hydrogen-bond acceptors (Lipinski definition) is 4. The number of hydrogen-bond donors (Lipinski definition) is 3. The van der Waals surface area contributed by atoms with Crippen molar-refractivity contribution in [2.75, 3.05) is 6.54 Å². The van der Waals surface area contributed by atoms with Crippen LogP contribution in [-0.4, -0.2) is 27.0 Å². The molecule has 0 fully saturated rings. The van der Waals surface area contributed by atoms with E-state index in [1.165, 1.54) is 10.1 Å². The number of nitrogens with two attached hydrogens (primary N) is 1. The van der Waals surface area contributed by atoms with E-state index in [0.29, 0.717) is 24.3 Å². The molecule has 0 spiro atoms. The third-order valence-corrected chi connectivity index (χ3v) is 5.37. The molecular weight excluding hydrogens is 426 g/mol. The van der Waals surface area contributed by atoms with E-state index in [9.17, 15) is 9.59 Å². The van der Waals surface area contributed by atoms with Gasteiger partial charge in [0.25, 0.3) is 5.91 Å². The minimum absolute atomic E-state index is 0. The lowest BCUT2D eigenvalue weighted by molar-refractivity contribution is 0.0953. The third kappa shape index (κ3) is 5.07. The number of carbonyl (C=O) groups is 1. The average molecular weight is 452 g/mol. The fourth-order valence-electron chi connectivity index (χ4n) is 3.61. The molecule has 2 aromatic carbocycles. The number of aromatic nitrogens is 3. The molecule has 0 saturated heterocycles. The molecule has 0 unspecified atom stereocenters. The number of fused-ring (bicyclic) bond motifs is 1. The summed E-state index contributed by atoms with van der Waals surface area (Å²) in [5.74, 6) is -0.111. The van der Waals surface area contributed by atoms with Gasteiger partial charge in [-0.05, 0) is 47.7 Å². The van der Waals surface area contributed by atoms with Crippen LogP contribution in [0.25, 0.3) is 22.3 Å². The second kappa shape index (κ2) is 10.3. The van der Waals surface area contributed by atoms with Gasteiger partial charge in [-0.1, -0.05) is 36.4 Å². The number of benzene rings is 2. The molecule has 7 nitrogen and oxygen atoms in total. The summed E-state index contributed by atoms with van der Waals surface area (Å²) in [6.45, 7) is 1.12. The number of aromatic amines is 1. The molecule has 0 aliphatic carbocycles. The highest BCUT2D eigenvalue weighted by Crippen LogP contribution is 2.22. The molecule has 0 bridgehead atoms. The quantitative estimate of drug-likeness (QED) is 0.375. The maximum Gasteiger partial charge on any atom is 0.327 e. The van der Waals surface area contributed by atoms with Crippen LogP contribution >= 0.6 is 12.4 Å². The van der Waals surface area contributed by atoms with Gasteiger partial charge in [0.2, 0.25) is 0 Å². The first-order valence-electron chi connectivity index (χ1n) is 10.3. The summed E-state index contributed by atoms with van der Waals surface area (Å²) in [7, 11) is 1.70. The third-order valence-electron chi connectivity index (χ3n) is 5.37. The van der Waals surface area contributed by atoms with Crippen LogP contribution in [0.5, 0.6) is 0 Å². The molecule has 0 atom stereocenters. The van der Waals surface area contributed by atoms with E-state index in [0.717, 1.165) is 35.0 Å². The number of imidazole rings is 1. The van der Waals surface area contributed by atoms with Crippen LogP contribution in [0.15, 0.2) is 65.6 Å². The van der Waals surface area contributed by atoms with Gasteiger partial charge in [0.05, 0.1) is 5.52 Å². The van der Waals surface area contributed by atoms with Crippen molar-refractivity contribution in [2.24, 2.45) is 12.8 Å². The van der Waals surface area contributed by atoms with E-state index in [1.807, 2.05) is 36.4 Å². The molecule has 1 amide bonds. The lowest BCUT2D eigenvalue weighted by Gasteiger charge is -2.08. The van der Waals surface area contributed by atoms with E-state index in [-0.39, 0.29) is 24.0 Å². The molecule has 2 aromatic heterocycles. The maximum atomic E-state index is 12.6. The summed E-state index contributed by atoms with van der Waals surface area (Å²) in [6.07, 6.45) is 3.43. The Kier molecular flexibility index (Phi) is 7.45. The summed E-state index contributed by atoms with van der Waals surface area (Å²) in [5, 5.41) is 2.99. The zero-order valence-corrected chi connectivity index (χ0v) is 18.6. The Morgan fingerprint density at radius 1 is 1.09 bits per heavy atom. The van der Waals surface area contributed by atoms with Gasteiger partial charge in [-0.15, -0.1) is 12.4 Å². The number of rotatable bonds is 7. The van der Waals surface area contributed by atoms with Crippen LogP contribution in [0.4, 0.5) is 0 Å². The SMILES string of the molecule is Cl.Cn1c(=O)[nH]c2ncc(-c3cccc(C(=O)NCCCc4cccc(CN)c4)c3)cc21. The molecule has 4 rings (SSSR count). The Hall–Kier alpha value is -3.42. The van der Waals surface area contributed by atoms with Gasteiger partial charge >= 0.3 is 5.69 Å². The lowest BCUT2D eigenvalue weighted by atomic mass is 10.0. The molecule has 0 saturated carbocycles. The molecule has 0 aliphatic rings. The topological polar surface area (TPSA) is 106 Å². The Balaban J connectivity index is 0.00000289. The summed E-state index contributed by atoms with van der Waals surface area (Å²) in [6, 6.07) is 17.5. The van der Waals surface area contributed by atoms with Gasteiger partial charge in [-0.2, -0.15) is 0 Å². The number of carbonyl (C=O) groups excluding carboxylic acids is 1. The second-order valence-electron chi connectivity index (χ2n) is 7.55. The number of pyridine rings is 1. The van der Waals surface area contributed by atoms with Crippen molar-refractivity contribution in [1.29, 1.82) is 0 Å². The highest BCUT2D eigenvalue weighted by molar-refractivity contribution is 5.95. The molecule has 4 N–H and O–H groups in total. The van der Waals surface area contributed by atoms with Gasteiger partial charge < -0.3 is 11.1 Å². The van der Waals surface area contributed by atoms with Crippen molar-refractivity contribution in [2.45, 2.75) is 19.4 Å². The number of nitrogens with one attached hydrogen (secondary N) is 2. The molecule has 0 aliphatic heterocycles. The van der Waals surface area contributed by atoms with Crippen LogP contribution in [-0.2, 0) is 20.0 Å². The van der Waals surface area contributed by atoms with E-state index in [1.54, 1.807) is 19.3 Å². The maximum absolute atomic E-state index is 12.6. The highest BCUT2D eigenvalue weighted by Gasteiger charge is 2.10.